The van der Waals surface area contributed by atoms with Crippen LogP contribution < -0.4 is 4.90 Å². The lowest BCUT2D eigenvalue weighted by atomic mass is 9.84. The van der Waals surface area contributed by atoms with Crippen LogP contribution in [0.15, 0.2) is 36.4 Å². The van der Waals surface area contributed by atoms with Crippen molar-refractivity contribution in [3.8, 4) is 0 Å². The maximum atomic E-state index is 14.0. The maximum absolute atomic E-state index is 14.0. The minimum atomic E-state index is -4.75. The second-order valence-electron chi connectivity index (χ2n) is 7.02. The molecule has 0 aromatic heterocycles. The lowest BCUT2D eigenvalue weighted by molar-refractivity contribution is -0.142. The maximum Gasteiger partial charge on any atom is 0.416 e. The van der Waals surface area contributed by atoms with E-state index in [2.05, 4.69) is 4.90 Å². The van der Waals surface area contributed by atoms with Crippen molar-refractivity contribution in [2.45, 2.75) is 25.6 Å². The van der Waals surface area contributed by atoms with Gasteiger partial charge in [0, 0.05) is 32.8 Å². The van der Waals surface area contributed by atoms with Crippen LogP contribution in [0.2, 0.25) is 5.02 Å². The highest BCUT2D eigenvalue weighted by Crippen LogP contribution is 2.51. The normalized spacial score (nSPS) is 19.0. The van der Waals surface area contributed by atoms with E-state index < -0.39 is 28.8 Å². The highest BCUT2D eigenvalue weighted by atomic mass is 127. The van der Waals surface area contributed by atoms with Crippen molar-refractivity contribution in [1.82, 2.24) is 4.90 Å². The summed E-state index contributed by atoms with van der Waals surface area (Å²) in [7, 11) is 0. The summed E-state index contributed by atoms with van der Waals surface area (Å²) in [4.78, 5) is 16.7. The summed E-state index contributed by atoms with van der Waals surface area (Å²) in [5.41, 5.74) is -4.02. The van der Waals surface area contributed by atoms with Crippen LogP contribution >= 0.6 is 34.2 Å². The molecule has 1 aliphatic heterocycles. The van der Waals surface area contributed by atoms with Crippen LogP contribution in [-0.4, -0.2) is 42.1 Å². The molecular formula is C21H21ClF3IN2O2. The third-order valence-electron chi connectivity index (χ3n) is 5.39. The first kappa shape index (κ1) is 23.3. The van der Waals surface area contributed by atoms with Crippen molar-refractivity contribution in [1.29, 1.82) is 0 Å². The molecule has 1 aliphatic rings. The fourth-order valence-corrected chi connectivity index (χ4v) is 4.71. The Morgan fingerprint density at radius 2 is 1.83 bits per heavy atom. The Labute approximate surface area is 191 Å². The number of hydrogen-bond acceptors (Lipinski definition) is 3. The summed E-state index contributed by atoms with van der Waals surface area (Å²) in [5.74, 6) is -0.828. The van der Waals surface area contributed by atoms with Crippen LogP contribution in [0.4, 0.5) is 18.9 Å². The molecule has 0 fully saturated rings. The van der Waals surface area contributed by atoms with Crippen molar-refractivity contribution in [3.63, 3.8) is 0 Å². The molecular weight excluding hydrogens is 532 g/mol. The van der Waals surface area contributed by atoms with Crippen molar-refractivity contribution >= 4 is 45.8 Å². The van der Waals surface area contributed by atoms with E-state index in [4.69, 9.17) is 11.6 Å². The number of aliphatic hydroxyl groups is 1. The van der Waals surface area contributed by atoms with Crippen molar-refractivity contribution in [2.24, 2.45) is 0 Å². The third-order valence-corrected chi connectivity index (χ3v) is 6.35. The molecule has 2 aromatic carbocycles. The van der Waals surface area contributed by atoms with E-state index in [0.29, 0.717) is 10.1 Å². The highest BCUT2D eigenvalue weighted by molar-refractivity contribution is 14.1. The Morgan fingerprint density at radius 3 is 2.40 bits per heavy atom. The number of halogens is 5. The summed E-state index contributed by atoms with van der Waals surface area (Å²) in [6, 6.07) is 8.40. The molecule has 1 atom stereocenters. The molecule has 0 saturated heterocycles. The van der Waals surface area contributed by atoms with Crippen LogP contribution in [0, 0.1) is 3.57 Å². The van der Waals surface area contributed by atoms with E-state index in [0.717, 1.165) is 19.2 Å². The van der Waals surface area contributed by atoms with Gasteiger partial charge in [0.1, 0.15) is 0 Å². The first-order valence-corrected chi connectivity index (χ1v) is 10.9. The molecule has 0 spiro atoms. The molecule has 0 bridgehead atoms. The number of alkyl halides is 3. The predicted octanol–water partition coefficient (Wildman–Crippen LogP) is 4.89. The third kappa shape index (κ3) is 3.94. The lowest BCUT2D eigenvalue weighted by Gasteiger charge is -2.27. The molecule has 0 saturated carbocycles. The standard InChI is InChI=1S/C21H21ClF3IN2O2/c1-3-27(4-2)9-10-28-17-12-13(26)11-15(21(23,24)25)18(17)20(30,19(28)29)14-7-5-6-8-16(14)22/h5-8,11-12,30H,3-4,9-10H2,1-2H3. The summed E-state index contributed by atoms with van der Waals surface area (Å²) >= 11 is 8.01. The number of fused-ring (bicyclic) bond motifs is 1. The van der Waals surface area contributed by atoms with Gasteiger partial charge >= 0.3 is 6.18 Å². The van der Waals surface area contributed by atoms with Gasteiger partial charge in [-0.1, -0.05) is 43.6 Å². The quantitative estimate of drug-likeness (QED) is 0.519. The minimum Gasteiger partial charge on any atom is -0.372 e. The zero-order valence-corrected chi connectivity index (χ0v) is 19.3. The number of benzene rings is 2. The zero-order chi connectivity index (χ0) is 22.3. The Hall–Kier alpha value is -1.36. The fraction of sp³-hybridized carbons (Fsp3) is 0.381. The number of nitrogens with zero attached hydrogens (tertiary/aromatic N) is 2. The Kier molecular flexibility index (Phi) is 6.71. The second kappa shape index (κ2) is 8.64. The van der Waals surface area contributed by atoms with E-state index in [9.17, 15) is 23.1 Å². The van der Waals surface area contributed by atoms with Gasteiger partial charge in [0.25, 0.3) is 5.91 Å². The molecule has 4 nitrogen and oxygen atoms in total. The Bertz CT molecular complexity index is 966. The number of hydrogen-bond donors (Lipinski definition) is 1. The molecule has 0 radical (unpaired) electrons. The summed E-state index contributed by atoms with van der Waals surface area (Å²) in [5, 5.41) is 11.6. The zero-order valence-electron chi connectivity index (χ0n) is 16.4. The van der Waals surface area contributed by atoms with E-state index in [1.807, 2.05) is 13.8 Å². The molecule has 30 heavy (non-hydrogen) atoms. The molecule has 3 rings (SSSR count). The number of likely N-dealkylation sites (N-methyl/N-ethyl adjacent to an activating group) is 1. The number of anilines is 1. The smallest absolute Gasteiger partial charge is 0.372 e. The Balaban J connectivity index is 2.25. The molecule has 2 aromatic rings. The number of carbonyl (C=O) groups is 1. The predicted molar refractivity (Wildman–Crippen MR) is 119 cm³/mol. The molecule has 1 heterocycles. The van der Waals surface area contributed by atoms with Gasteiger partial charge in [0.2, 0.25) is 0 Å². The summed E-state index contributed by atoms with van der Waals surface area (Å²) in [6.07, 6.45) is -4.75. The van der Waals surface area contributed by atoms with E-state index in [-0.39, 0.29) is 22.8 Å². The summed E-state index contributed by atoms with van der Waals surface area (Å²) in [6.45, 7) is 6.02. The largest absolute Gasteiger partial charge is 0.416 e. The van der Waals surface area contributed by atoms with Gasteiger partial charge in [0.15, 0.2) is 5.60 Å². The molecule has 9 heteroatoms. The molecule has 1 amide bonds. The average molecular weight is 553 g/mol. The lowest BCUT2D eigenvalue weighted by Crippen LogP contribution is -2.44. The van der Waals surface area contributed by atoms with Gasteiger partial charge in [-0.2, -0.15) is 13.2 Å². The van der Waals surface area contributed by atoms with Crippen molar-refractivity contribution in [2.75, 3.05) is 31.1 Å². The number of rotatable bonds is 6. The summed E-state index contributed by atoms with van der Waals surface area (Å²) < 4.78 is 42.2. The van der Waals surface area contributed by atoms with Gasteiger partial charge in [-0.05, 0) is 53.9 Å². The minimum absolute atomic E-state index is 0.0246. The average Bonchev–Trinajstić information content (AvgIpc) is 2.89. The van der Waals surface area contributed by atoms with Gasteiger partial charge in [-0.15, -0.1) is 0 Å². The van der Waals surface area contributed by atoms with Gasteiger partial charge in [0.05, 0.1) is 11.3 Å². The Morgan fingerprint density at radius 1 is 1.20 bits per heavy atom. The van der Waals surface area contributed by atoms with Gasteiger partial charge in [-0.25, -0.2) is 0 Å². The topological polar surface area (TPSA) is 43.8 Å². The first-order chi connectivity index (χ1) is 14.1. The molecule has 162 valence electrons. The van der Waals surface area contributed by atoms with Crippen LogP contribution in [0.3, 0.4) is 0 Å². The number of carbonyl (C=O) groups excluding carboxylic acids is 1. The van der Waals surface area contributed by atoms with Gasteiger partial charge in [-0.3, -0.25) is 4.79 Å². The van der Waals surface area contributed by atoms with Crippen LogP contribution in [0.25, 0.3) is 0 Å². The van der Waals surface area contributed by atoms with E-state index in [1.54, 1.807) is 28.7 Å². The van der Waals surface area contributed by atoms with E-state index >= 15 is 0 Å². The molecule has 0 aliphatic carbocycles. The van der Waals surface area contributed by atoms with Crippen molar-refractivity contribution in [3.05, 3.63) is 61.7 Å². The van der Waals surface area contributed by atoms with Crippen LogP contribution in [0.5, 0.6) is 0 Å². The number of amides is 1. The van der Waals surface area contributed by atoms with Crippen molar-refractivity contribution < 1.29 is 23.1 Å². The van der Waals surface area contributed by atoms with Crippen LogP contribution in [-0.2, 0) is 16.6 Å². The fourth-order valence-electron chi connectivity index (χ4n) is 3.83. The highest BCUT2D eigenvalue weighted by Gasteiger charge is 2.56. The van der Waals surface area contributed by atoms with E-state index in [1.165, 1.54) is 29.2 Å². The van der Waals surface area contributed by atoms with Gasteiger partial charge < -0.3 is 14.9 Å². The SMILES string of the molecule is CCN(CC)CCN1C(=O)C(O)(c2ccccc2Cl)c2c1cc(I)cc2C(F)(F)F. The second-order valence-corrected chi connectivity index (χ2v) is 8.67. The molecule has 1 unspecified atom stereocenters. The van der Waals surface area contributed by atoms with Crippen LogP contribution in [0.1, 0.15) is 30.5 Å². The molecule has 1 N–H and O–H groups in total. The first-order valence-electron chi connectivity index (χ1n) is 9.48. The monoisotopic (exact) mass is 552 g/mol.